The molecule has 0 unspecified atom stereocenters. The van der Waals surface area contributed by atoms with Crippen molar-refractivity contribution in [2.45, 2.75) is 13.0 Å². The van der Waals surface area contributed by atoms with Crippen LogP contribution in [0.2, 0.25) is 0 Å². The van der Waals surface area contributed by atoms with Gasteiger partial charge in [-0.3, -0.25) is 14.6 Å². The van der Waals surface area contributed by atoms with Gasteiger partial charge in [0.25, 0.3) is 11.5 Å². The summed E-state index contributed by atoms with van der Waals surface area (Å²) >= 11 is 0. The smallest absolute Gasteiger partial charge is 0.274 e. The van der Waals surface area contributed by atoms with Crippen molar-refractivity contribution in [3.63, 3.8) is 0 Å². The number of ether oxygens (including phenoxy) is 1. The molecule has 2 aromatic heterocycles. The van der Waals surface area contributed by atoms with Crippen LogP contribution in [0.5, 0.6) is 0 Å². The van der Waals surface area contributed by atoms with Crippen molar-refractivity contribution in [2.75, 3.05) is 19.7 Å². The number of morpholine rings is 1. The van der Waals surface area contributed by atoms with Gasteiger partial charge in [-0.25, -0.2) is 9.97 Å². The Kier molecular flexibility index (Phi) is 3.92. The van der Waals surface area contributed by atoms with E-state index in [0.29, 0.717) is 31.2 Å². The third-order valence-corrected chi connectivity index (χ3v) is 3.33. The number of rotatable bonds is 2. The fourth-order valence-electron chi connectivity index (χ4n) is 2.33. The van der Waals surface area contributed by atoms with Crippen LogP contribution < -0.4 is 5.56 Å². The van der Waals surface area contributed by atoms with Gasteiger partial charge in [0, 0.05) is 30.7 Å². The highest BCUT2D eigenvalue weighted by Crippen LogP contribution is 2.19. The van der Waals surface area contributed by atoms with E-state index in [2.05, 4.69) is 19.9 Å². The summed E-state index contributed by atoms with van der Waals surface area (Å²) in [7, 11) is 0. The van der Waals surface area contributed by atoms with Crippen LogP contribution in [0.4, 0.5) is 0 Å². The minimum absolute atomic E-state index is 0.212. The Bertz CT molecular complexity index is 731. The normalized spacial score (nSPS) is 18.2. The molecule has 1 aliphatic rings. The first-order valence-corrected chi connectivity index (χ1v) is 6.88. The number of aryl methyl sites for hydroxylation is 1. The van der Waals surface area contributed by atoms with Crippen LogP contribution in [0.3, 0.4) is 0 Å². The van der Waals surface area contributed by atoms with E-state index in [1.807, 2.05) is 0 Å². The van der Waals surface area contributed by atoms with Crippen molar-refractivity contribution < 1.29 is 9.53 Å². The molecule has 1 atom stereocenters. The average molecular weight is 301 g/mol. The Hall–Kier alpha value is -2.61. The molecule has 8 nitrogen and oxygen atoms in total. The molecule has 1 N–H and O–H groups in total. The van der Waals surface area contributed by atoms with Crippen molar-refractivity contribution in [2.24, 2.45) is 0 Å². The number of nitrogens with zero attached hydrogens (tertiary/aromatic N) is 4. The summed E-state index contributed by atoms with van der Waals surface area (Å²) in [6, 6.07) is 1.41. The van der Waals surface area contributed by atoms with Gasteiger partial charge < -0.3 is 14.6 Å². The molecule has 114 valence electrons. The van der Waals surface area contributed by atoms with Crippen LogP contribution in [0.15, 0.2) is 29.5 Å². The zero-order chi connectivity index (χ0) is 15.5. The quantitative estimate of drug-likeness (QED) is 0.843. The summed E-state index contributed by atoms with van der Waals surface area (Å²) in [6.07, 6.45) is 3.96. The minimum atomic E-state index is -0.457. The van der Waals surface area contributed by atoms with E-state index < -0.39 is 6.10 Å². The SMILES string of the molecule is Cc1cc(=O)[nH]c([C@H]2CN(C(=O)c3cnccn3)CCO2)n1. The zero-order valence-corrected chi connectivity index (χ0v) is 12.0. The van der Waals surface area contributed by atoms with E-state index in [9.17, 15) is 9.59 Å². The van der Waals surface area contributed by atoms with Crippen LogP contribution in [-0.2, 0) is 4.74 Å². The Labute approximate surface area is 126 Å². The van der Waals surface area contributed by atoms with E-state index in [4.69, 9.17) is 4.74 Å². The molecule has 0 aliphatic carbocycles. The molecule has 1 aliphatic heterocycles. The second-order valence-electron chi connectivity index (χ2n) is 4.97. The molecule has 1 saturated heterocycles. The Morgan fingerprint density at radius 2 is 2.32 bits per heavy atom. The van der Waals surface area contributed by atoms with E-state index in [-0.39, 0.29) is 17.2 Å². The van der Waals surface area contributed by atoms with Gasteiger partial charge in [0.05, 0.1) is 19.3 Å². The van der Waals surface area contributed by atoms with Gasteiger partial charge in [-0.15, -0.1) is 0 Å². The zero-order valence-electron chi connectivity index (χ0n) is 12.0. The van der Waals surface area contributed by atoms with Gasteiger partial charge in [0.2, 0.25) is 0 Å². The first kappa shape index (κ1) is 14.3. The highest BCUT2D eigenvalue weighted by Gasteiger charge is 2.28. The van der Waals surface area contributed by atoms with Crippen molar-refractivity contribution >= 4 is 5.91 Å². The maximum atomic E-state index is 12.4. The molecule has 3 heterocycles. The largest absolute Gasteiger partial charge is 0.367 e. The number of aromatic amines is 1. The summed E-state index contributed by atoms with van der Waals surface area (Å²) in [5.74, 6) is 0.220. The van der Waals surface area contributed by atoms with Gasteiger partial charge in [-0.2, -0.15) is 0 Å². The molecule has 8 heteroatoms. The van der Waals surface area contributed by atoms with E-state index in [1.54, 1.807) is 11.8 Å². The monoisotopic (exact) mass is 301 g/mol. The first-order valence-electron chi connectivity index (χ1n) is 6.88. The summed E-state index contributed by atoms with van der Waals surface area (Å²) in [4.78, 5) is 40.4. The predicted octanol–water partition coefficient (Wildman–Crippen LogP) is 0.0820. The fraction of sp³-hybridized carbons (Fsp3) is 0.357. The van der Waals surface area contributed by atoms with Crippen molar-refractivity contribution in [3.05, 3.63) is 52.2 Å². The molecule has 0 radical (unpaired) electrons. The molecule has 3 rings (SSSR count). The number of H-pyrrole nitrogens is 1. The number of aromatic nitrogens is 4. The Balaban J connectivity index is 1.79. The third-order valence-electron chi connectivity index (χ3n) is 3.33. The summed E-state index contributed by atoms with van der Waals surface area (Å²) < 4.78 is 5.63. The molecular formula is C14H15N5O3. The molecule has 1 amide bonds. The maximum absolute atomic E-state index is 12.4. The van der Waals surface area contributed by atoms with Crippen molar-refractivity contribution in [1.82, 2.24) is 24.8 Å². The lowest BCUT2D eigenvalue weighted by Gasteiger charge is -2.32. The third kappa shape index (κ3) is 3.01. The number of amides is 1. The van der Waals surface area contributed by atoms with Crippen LogP contribution in [0.25, 0.3) is 0 Å². The average Bonchev–Trinajstić information content (AvgIpc) is 2.54. The highest BCUT2D eigenvalue weighted by molar-refractivity contribution is 5.92. The van der Waals surface area contributed by atoms with Gasteiger partial charge in [-0.05, 0) is 6.92 Å². The molecule has 0 saturated carbocycles. The Morgan fingerprint density at radius 3 is 3.05 bits per heavy atom. The molecule has 22 heavy (non-hydrogen) atoms. The van der Waals surface area contributed by atoms with Gasteiger partial charge in [0.1, 0.15) is 17.6 Å². The number of hydrogen-bond donors (Lipinski definition) is 1. The fourth-order valence-corrected chi connectivity index (χ4v) is 2.33. The van der Waals surface area contributed by atoms with E-state index >= 15 is 0 Å². The van der Waals surface area contributed by atoms with Gasteiger partial charge >= 0.3 is 0 Å². The topological polar surface area (TPSA) is 101 Å². The lowest BCUT2D eigenvalue weighted by Crippen LogP contribution is -2.43. The summed E-state index contributed by atoms with van der Waals surface area (Å²) in [5, 5.41) is 0. The van der Waals surface area contributed by atoms with Crippen molar-refractivity contribution in [1.29, 1.82) is 0 Å². The van der Waals surface area contributed by atoms with Crippen LogP contribution >= 0.6 is 0 Å². The number of carbonyl (C=O) groups is 1. The van der Waals surface area contributed by atoms with Crippen LogP contribution in [-0.4, -0.2) is 50.4 Å². The standard InChI is InChI=1S/C14H15N5O3/c1-9-6-12(20)18-13(17-9)11-8-19(4-5-22-11)14(21)10-7-15-2-3-16-10/h2-3,6-7,11H,4-5,8H2,1H3,(H,17,18,20)/t11-/m1/s1. The molecule has 2 aromatic rings. The second kappa shape index (κ2) is 6.02. The second-order valence-corrected chi connectivity index (χ2v) is 4.97. The molecular weight excluding hydrogens is 286 g/mol. The van der Waals surface area contributed by atoms with Crippen LogP contribution in [0.1, 0.15) is 28.1 Å². The molecule has 0 aromatic carbocycles. The van der Waals surface area contributed by atoms with E-state index in [0.717, 1.165) is 0 Å². The first-order chi connectivity index (χ1) is 10.6. The summed E-state index contributed by atoms with van der Waals surface area (Å²) in [5.41, 5.74) is 0.664. The molecule has 0 bridgehead atoms. The minimum Gasteiger partial charge on any atom is -0.367 e. The van der Waals surface area contributed by atoms with E-state index in [1.165, 1.54) is 24.7 Å². The number of carbonyl (C=O) groups excluding carboxylic acids is 1. The Morgan fingerprint density at radius 1 is 1.45 bits per heavy atom. The molecule has 1 fully saturated rings. The lowest BCUT2D eigenvalue weighted by molar-refractivity contribution is -0.0271. The number of nitrogens with one attached hydrogen (secondary N) is 1. The van der Waals surface area contributed by atoms with Crippen LogP contribution in [0, 0.1) is 6.92 Å². The molecule has 0 spiro atoms. The highest BCUT2D eigenvalue weighted by atomic mass is 16.5. The van der Waals surface area contributed by atoms with Crippen molar-refractivity contribution in [3.8, 4) is 0 Å². The predicted molar refractivity (Wildman–Crippen MR) is 76.2 cm³/mol. The number of hydrogen-bond acceptors (Lipinski definition) is 6. The van der Waals surface area contributed by atoms with Gasteiger partial charge in [0.15, 0.2) is 0 Å². The lowest BCUT2D eigenvalue weighted by atomic mass is 10.2. The maximum Gasteiger partial charge on any atom is 0.274 e. The summed E-state index contributed by atoms with van der Waals surface area (Å²) in [6.45, 7) is 2.88. The van der Waals surface area contributed by atoms with Gasteiger partial charge in [-0.1, -0.05) is 0 Å².